The minimum Gasteiger partial charge on any atom is -0.497 e. The van der Waals surface area contributed by atoms with Crippen LogP contribution in [0.5, 0.6) is 5.75 Å². The lowest BCUT2D eigenvalue weighted by Crippen LogP contribution is -2.18. The second-order valence-electron chi connectivity index (χ2n) is 6.20. The standard InChI is InChI=1S/C22H18N4O2/c1-28-19-8-4-5-15(11-19)14-23-26-22(27)21-13-20(24-25-21)18-10-9-16-6-2-3-7-17(16)12-18/h2-14H,1H3,(H,24,25)(H,26,27). The van der Waals surface area contributed by atoms with E-state index in [4.69, 9.17) is 4.74 Å². The molecule has 2 N–H and O–H groups in total. The lowest BCUT2D eigenvalue weighted by atomic mass is 10.1. The summed E-state index contributed by atoms with van der Waals surface area (Å²) in [4.78, 5) is 12.3. The van der Waals surface area contributed by atoms with E-state index in [0.717, 1.165) is 27.6 Å². The molecule has 0 spiro atoms. The van der Waals surface area contributed by atoms with Crippen LogP contribution >= 0.6 is 0 Å². The van der Waals surface area contributed by atoms with Crippen molar-refractivity contribution < 1.29 is 9.53 Å². The van der Waals surface area contributed by atoms with Crippen LogP contribution in [0.4, 0.5) is 0 Å². The van der Waals surface area contributed by atoms with Gasteiger partial charge in [-0.25, -0.2) is 5.43 Å². The summed E-state index contributed by atoms with van der Waals surface area (Å²) in [6.45, 7) is 0. The van der Waals surface area contributed by atoms with Crippen LogP contribution in [0.25, 0.3) is 22.0 Å². The Bertz CT molecular complexity index is 1160. The summed E-state index contributed by atoms with van der Waals surface area (Å²) in [6.07, 6.45) is 1.56. The molecule has 0 aliphatic carbocycles. The van der Waals surface area contributed by atoms with Gasteiger partial charge in [-0.15, -0.1) is 0 Å². The highest BCUT2D eigenvalue weighted by Crippen LogP contribution is 2.23. The minimum absolute atomic E-state index is 0.339. The molecule has 4 rings (SSSR count). The highest BCUT2D eigenvalue weighted by molar-refractivity contribution is 5.94. The van der Waals surface area contributed by atoms with Crippen LogP contribution < -0.4 is 10.2 Å². The molecule has 6 nitrogen and oxygen atoms in total. The lowest BCUT2D eigenvalue weighted by molar-refractivity contribution is 0.0950. The van der Waals surface area contributed by atoms with E-state index in [1.54, 1.807) is 19.4 Å². The van der Waals surface area contributed by atoms with Crippen LogP contribution in [-0.4, -0.2) is 29.4 Å². The van der Waals surface area contributed by atoms with E-state index in [9.17, 15) is 4.79 Å². The number of aromatic amines is 1. The molecular formula is C22H18N4O2. The van der Waals surface area contributed by atoms with Gasteiger partial charge >= 0.3 is 0 Å². The number of fused-ring (bicyclic) bond motifs is 1. The molecule has 0 bridgehead atoms. The van der Waals surface area contributed by atoms with Gasteiger partial charge in [0.1, 0.15) is 11.4 Å². The first-order chi connectivity index (χ1) is 13.7. The third-order valence-corrected chi connectivity index (χ3v) is 4.34. The van der Waals surface area contributed by atoms with E-state index in [2.05, 4.69) is 26.8 Å². The number of hydrogen-bond donors (Lipinski definition) is 2. The maximum absolute atomic E-state index is 12.3. The molecule has 1 amide bonds. The molecule has 1 aromatic heterocycles. The van der Waals surface area contributed by atoms with Gasteiger partial charge in [0.2, 0.25) is 0 Å². The zero-order valence-electron chi connectivity index (χ0n) is 15.2. The number of hydrogen-bond acceptors (Lipinski definition) is 4. The van der Waals surface area contributed by atoms with E-state index in [0.29, 0.717) is 11.4 Å². The number of methoxy groups -OCH3 is 1. The zero-order chi connectivity index (χ0) is 19.3. The van der Waals surface area contributed by atoms with Crippen molar-refractivity contribution in [1.29, 1.82) is 0 Å². The lowest BCUT2D eigenvalue weighted by Gasteiger charge is -2.00. The Kier molecular flexibility index (Phi) is 4.84. The number of nitrogens with one attached hydrogen (secondary N) is 2. The van der Waals surface area contributed by atoms with Crippen molar-refractivity contribution in [1.82, 2.24) is 15.6 Å². The molecule has 0 fully saturated rings. The third-order valence-electron chi connectivity index (χ3n) is 4.34. The number of aromatic nitrogens is 2. The Morgan fingerprint density at radius 3 is 2.75 bits per heavy atom. The number of nitrogens with zero attached hydrogens (tertiary/aromatic N) is 2. The summed E-state index contributed by atoms with van der Waals surface area (Å²) < 4.78 is 5.16. The fourth-order valence-electron chi connectivity index (χ4n) is 2.88. The number of carbonyl (C=O) groups is 1. The van der Waals surface area contributed by atoms with Crippen LogP contribution in [-0.2, 0) is 0 Å². The van der Waals surface area contributed by atoms with Gasteiger partial charge in [-0.2, -0.15) is 10.2 Å². The molecule has 6 heteroatoms. The van der Waals surface area contributed by atoms with Crippen molar-refractivity contribution in [3.05, 3.63) is 84.1 Å². The molecule has 0 saturated heterocycles. The van der Waals surface area contributed by atoms with Crippen LogP contribution in [0, 0.1) is 0 Å². The Morgan fingerprint density at radius 1 is 1.04 bits per heavy atom. The van der Waals surface area contributed by atoms with Crippen LogP contribution in [0.15, 0.2) is 77.9 Å². The predicted molar refractivity (Wildman–Crippen MR) is 110 cm³/mol. The largest absolute Gasteiger partial charge is 0.497 e. The topological polar surface area (TPSA) is 79.4 Å². The average Bonchev–Trinajstić information content (AvgIpc) is 3.24. The zero-order valence-corrected chi connectivity index (χ0v) is 15.2. The first kappa shape index (κ1) is 17.5. The second kappa shape index (κ2) is 7.75. The van der Waals surface area contributed by atoms with Crippen LogP contribution in [0.1, 0.15) is 16.1 Å². The Hall–Kier alpha value is -3.93. The average molecular weight is 370 g/mol. The van der Waals surface area contributed by atoms with Gasteiger partial charge in [0, 0.05) is 5.56 Å². The first-order valence-corrected chi connectivity index (χ1v) is 8.75. The van der Waals surface area contributed by atoms with Gasteiger partial charge in [0.05, 0.1) is 19.0 Å². The van der Waals surface area contributed by atoms with E-state index < -0.39 is 0 Å². The fraction of sp³-hybridized carbons (Fsp3) is 0.0455. The highest BCUT2D eigenvalue weighted by atomic mass is 16.5. The van der Waals surface area contributed by atoms with Crippen LogP contribution in [0.2, 0.25) is 0 Å². The summed E-state index contributed by atoms with van der Waals surface area (Å²) in [5, 5.41) is 13.3. The monoisotopic (exact) mass is 370 g/mol. The molecule has 0 atom stereocenters. The molecule has 0 radical (unpaired) electrons. The Labute approximate surface area is 161 Å². The summed E-state index contributed by atoms with van der Waals surface area (Å²) >= 11 is 0. The van der Waals surface area contributed by atoms with Gasteiger partial charge in [-0.05, 0) is 40.6 Å². The number of carbonyl (C=O) groups excluding carboxylic acids is 1. The second-order valence-corrected chi connectivity index (χ2v) is 6.20. The molecule has 0 aliphatic rings. The number of hydrazone groups is 1. The first-order valence-electron chi connectivity index (χ1n) is 8.75. The van der Waals surface area contributed by atoms with Crippen LogP contribution in [0.3, 0.4) is 0 Å². The number of H-pyrrole nitrogens is 1. The molecular weight excluding hydrogens is 352 g/mol. The van der Waals surface area contributed by atoms with E-state index >= 15 is 0 Å². The van der Waals surface area contributed by atoms with Crippen molar-refractivity contribution >= 4 is 22.9 Å². The molecule has 0 aliphatic heterocycles. The van der Waals surface area contributed by atoms with Crippen molar-refractivity contribution in [3.8, 4) is 17.0 Å². The molecule has 4 aromatic rings. The molecule has 0 unspecified atom stereocenters. The normalized spacial score (nSPS) is 11.0. The van der Waals surface area contributed by atoms with Gasteiger partial charge in [-0.3, -0.25) is 9.89 Å². The SMILES string of the molecule is COc1cccc(C=NNC(=O)c2cc(-c3ccc4ccccc4c3)n[nH]2)c1. The quantitative estimate of drug-likeness (QED) is 0.412. The highest BCUT2D eigenvalue weighted by Gasteiger charge is 2.10. The number of ether oxygens (including phenoxy) is 1. The summed E-state index contributed by atoms with van der Waals surface area (Å²) in [5.41, 5.74) is 5.30. The number of benzene rings is 3. The predicted octanol–water partition coefficient (Wildman–Crippen LogP) is 4.00. The van der Waals surface area contributed by atoms with Crippen molar-refractivity contribution in [2.45, 2.75) is 0 Å². The fourth-order valence-corrected chi connectivity index (χ4v) is 2.88. The summed E-state index contributed by atoms with van der Waals surface area (Å²) in [7, 11) is 1.60. The summed E-state index contributed by atoms with van der Waals surface area (Å²) in [6, 6.07) is 23.3. The maximum Gasteiger partial charge on any atom is 0.289 e. The minimum atomic E-state index is -0.362. The van der Waals surface area contributed by atoms with E-state index in [1.165, 1.54) is 0 Å². The molecule has 3 aromatic carbocycles. The smallest absolute Gasteiger partial charge is 0.289 e. The Morgan fingerprint density at radius 2 is 1.89 bits per heavy atom. The van der Waals surface area contributed by atoms with Crippen molar-refractivity contribution in [3.63, 3.8) is 0 Å². The van der Waals surface area contributed by atoms with E-state index in [1.807, 2.05) is 60.7 Å². The Balaban J connectivity index is 1.47. The molecule has 0 saturated carbocycles. The van der Waals surface area contributed by atoms with Crippen molar-refractivity contribution in [2.75, 3.05) is 7.11 Å². The maximum atomic E-state index is 12.3. The third kappa shape index (κ3) is 3.76. The molecule has 138 valence electrons. The van der Waals surface area contributed by atoms with Gasteiger partial charge < -0.3 is 4.74 Å². The molecule has 1 heterocycles. The van der Waals surface area contributed by atoms with Gasteiger partial charge in [-0.1, -0.05) is 48.5 Å². The van der Waals surface area contributed by atoms with Gasteiger partial charge in [0.25, 0.3) is 5.91 Å². The van der Waals surface area contributed by atoms with E-state index in [-0.39, 0.29) is 5.91 Å². The number of rotatable bonds is 5. The summed E-state index contributed by atoms with van der Waals surface area (Å²) in [5.74, 6) is 0.363. The van der Waals surface area contributed by atoms with Crippen molar-refractivity contribution in [2.24, 2.45) is 5.10 Å². The number of amides is 1. The van der Waals surface area contributed by atoms with Gasteiger partial charge in [0.15, 0.2) is 0 Å². The molecule has 28 heavy (non-hydrogen) atoms.